The number of carbonyl (C=O) groups is 1. The molecule has 0 bridgehead atoms. The van der Waals surface area contributed by atoms with E-state index in [1.807, 2.05) is 34.5 Å². The highest BCUT2D eigenvalue weighted by Crippen LogP contribution is 2.22. The standard InChI is InChI=1S/C18H22N2O3S/c1-23-16-6-3-2-5-14(16)18(22)20-10-8-19(9-11-20)13-15(21)17-7-4-12-24-17/h2-7,12,15,21H,8-11,13H2,1H3/t15-/m1/s1. The van der Waals surface area contributed by atoms with Crippen LogP contribution in [0.5, 0.6) is 5.75 Å². The maximum Gasteiger partial charge on any atom is 0.257 e. The lowest BCUT2D eigenvalue weighted by atomic mass is 10.1. The van der Waals surface area contributed by atoms with Crippen LogP contribution in [0.15, 0.2) is 41.8 Å². The van der Waals surface area contributed by atoms with Crippen molar-refractivity contribution < 1.29 is 14.6 Å². The van der Waals surface area contributed by atoms with Crippen molar-refractivity contribution in [3.8, 4) is 5.75 Å². The quantitative estimate of drug-likeness (QED) is 0.902. The fraction of sp³-hybridized carbons (Fsp3) is 0.389. The molecule has 1 aliphatic rings. The maximum absolute atomic E-state index is 12.7. The van der Waals surface area contributed by atoms with E-state index < -0.39 is 6.10 Å². The van der Waals surface area contributed by atoms with Gasteiger partial charge in [-0.1, -0.05) is 18.2 Å². The fourth-order valence-electron chi connectivity index (χ4n) is 2.94. The summed E-state index contributed by atoms with van der Waals surface area (Å²) >= 11 is 1.57. The first-order chi connectivity index (χ1) is 11.7. The number of carbonyl (C=O) groups excluding carboxylic acids is 1. The number of hydrogen-bond acceptors (Lipinski definition) is 5. The van der Waals surface area contributed by atoms with Crippen LogP contribution in [0.2, 0.25) is 0 Å². The van der Waals surface area contributed by atoms with Gasteiger partial charge in [0, 0.05) is 37.6 Å². The number of aliphatic hydroxyl groups is 1. The largest absolute Gasteiger partial charge is 0.496 e. The Morgan fingerprint density at radius 3 is 2.62 bits per heavy atom. The molecular formula is C18H22N2O3S. The molecule has 0 radical (unpaired) electrons. The summed E-state index contributed by atoms with van der Waals surface area (Å²) < 4.78 is 5.28. The molecule has 0 saturated carbocycles. The van der Waals surface area contributed by atoms with Gasteiger partial charge < -0.3 is 14.7 Å². The summed E-state index contributed by atoms with van der Waals surface area (Å²) in [5, 5.41) is 12.2. The first kappa shape index (κ1) is 17.0. The molecule has 5 nitrogen and oxygen atoms in total. The average Bonchev–Trinajstić information content (AvgIpc) is 3.16. The Morgan fingerprint density at radius 2 is 1.96 bits per heavy atom. The summed E-state index contributed by atoms with van der Waals surface area (Å²) in [5.74, 6) is 0.615. The van der Waals surface area contributed by atoms with Crippen LogP contribution in [-0.4, -0.2) is 60.6 Å². The van der Waals surface area contributed by atoms with Crippen molar-refractivity contribution in [3.63, 3.8) is 0 Å². The van der Waals surface area contributed by atoms with Crippen molar-refractivity contribution in [2.24, 2.45) is 0 Å². The number of aliphatic hydroxyl groups excluding tert-OH is 1. The molecule has 1 amide bonds. The molecule has 0 aliphatic carbocycles. The van der Waals surface area contributed by atoms with Gasteiger partial charge in [-0.15, -0.1) is 11.3 Å². The first-order valence-electron chi connectivity index (χ1n) is 8.05. The van der Waals surface area contributed by atoms with Gasteiger partial charge in [0.2, 0.25) is 0 Å². The van der Waals surface area contributed by atoms with E-state index in [-0.39, 0.29) is 5.91 Å². The third-order valence-electron chi connectivity index (χ3n) is 4.30. The van der Waals surface area contributed by atoms with E-state index in [2.05, 4.69) is 4.90 Å². The number of nitrogens with zero attached hydrogens (tertiary/aromatic N) is 2. The van der Waals surface area contributed by atoms with Crippen molar-refractivity contribution in [3.05, 3.63) is 52.2 Å². The average molecular weight is 346 g/mol. The third-order valence-corrected chi connectivity index (χ3v) is 5.27. The lowest BCUT2D eigenvalue weighted by molar-refractivity contribution is 0.0530. The second kappa shape index (κ2) is 7.79. The minimum absolute atomic E-state index is 0.00547. The summed E-state index contributed by atoms with van der Waals surface area (Å²) in [7, 11) is 1.58. The van der Waals surface area contributed by atoms with E-state index in [9.17, 15) is 9.90 Å². The van der Waals surface area contributed by atoms with Gasteiger partial charge in [0.25, 0.3) is 5.91 Å². The molecule has 128 valence electrons. The minimum Gasteiger partial charge on any atom is -0.496 e. The molecule has 0 spiro atoms. The normalized spacial score (nSPS) is 16.8. The summed E-state index contributed by atoms with van der Waals surface area (Å²) in [6.45, 7) is 3.46. The molecule has 1 saturated heterocycles. The molecule has 24 heavy (non-hydrogen) atoms. The van der Waals surface area contributed by atoms with Gasteiger partial charge in [0.1, 0.15) is 11.9 Å². The number of amides is 1. The highest BCUT2D eigenvalue weighted by atomic mass is 32.1. The van der Waals surface area contributed by atoms with Crippen molar-refractivity contribution in [2.45, 2.75) is 6.10 Å². The van der Waals surface area contributed by atoms with Crippen LogP contribution in [0.25, 0.3) is 0 Å². The van der Waals surface area contributed by atoms with Crippen LogP contribution in [0.1, 0.15) is 21.3 Å². The molecule has 6 heteroatoms. The predicted molar refractivity (Wildman–Crippen MR) is 94.6 cm³/mol. The molecule has 2 heterocycles. The molecule has 1 aromatic heterocycles. The SMILES string of the molecule is COc1ccccc1C(=O)N1CCN(C[C@@H](O)c2cccs2)CC1. The molecule has 3 rings (SSSR count). The van der Waals surface area contributed by atoms with Crippen LogP contribution in [0, 0.1) is 0 Å². The van der Waals surface area contributed by atoms with Gasteiger partial charge in [-0.3, -0.25) is 9.69 Å². The van der Waals surface area contributed by atoms with E-state index in [4.69, 9.17) is 4.74 Å². The molecule has 1 aliphatic heterocycles. The summed E-state index contributed by atoms with van der Waals surface area (Å²) in [6.07, 6.45) is -0.457. The Kier molecular flexibility index (Phi) is 5.50. The number of β-amino-alcohol motifs (C(OH)–C–C–N with tert-alkyl or cyclic N) is 1. The number of hydrogen-bond donors (Lipinski definition) is 1. The molecule has 0 unspecified atom stereocenters. The summed E-state index contributed by atoms with van der Waals surface area (Å²) in [4.78, 5) is 17.7. The van der Waals surface area contributed by atoms with E-state index >= 15 is 0 Å². The maximum atomic E-state index is 12.7. The topological polar surface area (TPSA) is 53.0 Å². The van der Waals surface area contributed by atoms with Gasteiger partial charge in [-0.2, -0.15) is 0 Å². The second-order valence-corrected chi connectivity index (χ2v) is 6.80. The number of ether oxygens (including phenoxy) is 1. The van der Waals surface area contributed by atoms with Gasteiger partial charge in [0.05, 0.1) is 12.7 Å². The lowest BCUT2D eigenvalue weighted by Gasteiger charge is -2.35. The van der Waals surface area contributed by atoms with Gasteiger partial charge in [-0.25, -0.2) is 0 Å². The van der Waals surface area contributed by atoms with Crippen LogP contribution >= 0.6 is 11.3 Å². The van der Waals surface area contributed by atoms with E-state index in [1.165, 1.54) is 0 Å². The number of rotatable bonds is 5. The Balaban J connectivity index is 1.56. The van der Waals surface area contributed by atoms with Gasteiger partial charge in [-0.05, 0) is 23.6 Å². The van der Waals surface area contributed by atoms with Crippen LogP contribution in [0.3, 0.4) is 0 Å². The molecule has 1 N–H and O–H groups in total. The Bertz CT molecular complexity index is 667. The van der Waals surface area contributed by atoms with E-state index in [0.29, 0.717) is 30.9 Å². The minimum atomic E-state index is -0.457. The molecule has 1 aromatic carbocycles. The zero-order chi connectivity index (χ0) is 16.9. The highest BCUT2D eigenvalue weighted by molar-refractivity contribution is 7.10. The Morgan fingerprint density at radius 1 is 1.21 bits per heavy atom. The lowest BCUT2D eigenvalue weighted by Crippen LogP contribution is -2.49. The van der Waals surface area contributed by atoms with Gasteiger partial charge in [0.15, 0.2) is 0 Å². The second-order valence-electron chi connectivity index (χ2n) is 5.82. The monoisotopic (exact) mass is 346 g/mol. The number of methoxy groups -OCH3 is 1. The van der Waals surface area contributed by atoms with Crippen LogP contribution in [-0.2, 0) is 0 Å². The highest BCUT2D eigenvalue weighted by Gasteiger charge is 2.25. The molecule has 2 aromatic rings. The third kappa shape index (κ3) is 3.77. The number of piperazine rings is 1. The van der Waals surface area contributed by atoms with Crippen molar-refractivity contribution in [2.75, 3.05) is 39.8 Å². The summed E-state index contributed by atoms with van der Waals surface area (Å²) in [6, 6.07) is 11.2. The fourth-order valence-corrected chi connectivity index (χ4v) is 3.64. The van der Waals surface area contributed by atoms with E-state index in [1.54, 1.807) is 30.6 Å². The van der Waals surface area contributed by atoms with Crippen molar-refractivity contribution in [1.29, 1.82) is 0 Å². The zero-order valence-corrected chi connectivity index (χ0v) is 14.5. The van der Waals surface area contributed by atoms with E-state index in [0.717, 1.165) is 18.0 Å². The number of thiophene rings is 1. The first-order valence-corrected chi connectivity index (χ1v) is 8.93. The van der Waals surface area contributed by atoms with Crippen molar-refractivity contribution in [1.82, 2.24) is 9.80 Å². The Labute approximate surface area is 146 Å². The molecule has 1 fully saturated rings. The smallest absolute Gasteiger partial charge is 0.257 e. The predicted octanol–water partition coefficient (Wildman–Crippen LogP) is 2.25. The molecular weight excluding hydrogens is 324 g/mol. The van der Waals surface area contributed by atoms with Crippen LogP contribution < -0.4 is 4.74 Å². The van der Waals surface area contributed by atoms with Gasteiger partial charge >= 0.3 is 0 Å². The Hall–Kier alpha value is -1.89. The van der Waals surface area contributed by atoms with Crippen molar-refractivity contribution >= 4 is 17.2 Å². The zero-order valence-electron chi connectivity index (χ0n) is 13.7. The number of para-hydroxylation sites is 1. The summed E-state index contributed by atoms with van der Waals surface area (Å²) in [5.41, 5.74) is 0.604. The molecule has 1 atom stereocenters. The number of benzene rings is 1. The van der Waals surface area contributed by atoms with Crippen LogP contribution in [0.4, 0.5) is 0 Å².